The van der Waals surface area contributed by atoms with E-state index in [9.17, 15) is 9.59 Å². The van der Waals surface area contributed by atoms with E-state index in [1.165, 1.54) is 11.3 Å². The lowest BCUT2D eigenvalue weighted by molar-refractivity contribution is -0.124. The molecule has 2 aromatic heterocycles. The van der Waals surface area contributed by atoms with Crippen LogP contribution in [0.2, 0.25) is 0 Å². The molecule has 1 fully saturated rings. The van der Waals surface area contributed by atoms with Crippen LogP contribution in [0, 0.1) is 6.92 Å². The molecule has 7 nitrogen and oxygen atoms in total. The first-order valence-electron chi connectivity index (χ1n) is 8.95. The van der Waals surface area contributed by atoms with Gasteiger partial charge in [-0.3, -0.25) is 9.59 Å². The molecular formula is C20H19N3O4S. The number of amides is 2. The van der Waals surface area contributed by atoms with Crippen molar-refractivity contribution >= 4 is 34.5 Å². The third-order valence-corrected chi connectivity index (χ3v) is 5.18. The maximum atomic E-state index is 12.4. The lowest BCUT2D eigenvalue weighted by Gasteiger charge is -2.11. The average Bonchev–Trinajstić information content (AvgIpc) is 3.44. The largest absolute Gasteiger partial charge is 0.459 e. The van der Waals surface area contributed by atoms with E-state index in [0.29, 0.717) is 34.4 Å². The number of thiazole rings is 1. The molecule has 2 N–H and O–H groups in total. The normalized spacial score (nSPS) is 16.1. The molecule has 28 heavy (non-hydrogen) atoms. The van der Waals surface area contributed by atoms with Crippen LogP contribution in [0.15, 0.2) is 46.2 Å². The summed E-state index contributed by atoms with van der Waals surface area (Å²) < 4.78 is 10.9. The minimum Gasteiger partial charge on any atom is -0.459 e. The molecule has 0 bridgehead atoms. The molecule has 1 atom stereocenters. The second-order valence-electron chi connectivity index (χ2n) is 6.47. The van der Waals surface area contributed by atoms with Crippen LogP contribution in [0.4, 0.5) is 11.4 Å². The van der Waals surface area contributed by atoms with Gasteiger partial charge in [0.15, 0.2) is 10.8 Å². The molecule has 2 amide bonds. The maximum Gasteiger partial charge on any atom is 0.275 e. The highest BCUT2D eigenvalue weighted by atomic mass is 32.1. The third kappa shape index (κ3) is 4.13. The lowest BCUT2D eigenvalue weighted by atomic mass is 10.2. The Labute approximate surface area is 165 Å². The first kappa shape index (κ1) is 18.4. The van der Waals surface area contributed by atoms with E-state index < -0.39 is 0 Å². The van der Waals surface area contributed by atoms with E-state index in [2.05, 4.69) is 15.6 Å². The SMILES string of the molecule is Cc1ccc(-c2nc(C(=O)Nc3ccc(NC(=O)[C@H]4CCCO4)cc3)cs2)o1. The summed E-state index contributed by atoms with van der Waals surface area (Å²) in [7, 11) is 0. The number of benzene rings is 1. The Morgan fingerprint density at radius 3 is 2.50 bits per heavy atom. The summed E-state index contributed by atoms with van der Waals surface area (Å²) >= 11 is 1.35. The number of aryl methyl sites for hydroxylation is 1. The summed E-state index contributed by atoms with van der Waals surface area (Å²) in [5.41, 5.74) is 1.59. The van der Waals surface area contributed by atoms with Gasteiger partial charge in [0.25, 0.3) is 11.8 Å². The summed E-state index contributed by atoms with van der Waals surface area (Å²) in [6, 6.07) is 10.6. The van der Waals surface area contributed by atoms with Crippen molar-refractivity contribution in [1.29, 1.82) is 0 Å². The number of hydrogen-bond acceptors (Lipinski definition) is 6. The first-order valence-corrected chi connectivity index (χ1v) is 9.83. The molecule has 8 heteroatoms. The number of hydrogen-bond donors (Lipinski definition) is 2. The van der Waals surface area contributed by atoms with E-state index in [0.717, 1.165) is 18.6 Å². The molecule has 3 aromatic rings. The van der Waals surface area contributed by atoms with E-state index in [1.807, 2.05) is 19.1 Å². The topological polar surface area (TPSA) is 93.5 Å². The number of carbonyl (C=O) groups excluding carboxylic acids is 2. The van der Waals surface area contributed by atoms with Crippen molar-refractivity contribution in [1.82, 2.24) is 4.98 Å². The predicted molar refractivity (Wildman–Crippen MR) is 107 cm³/mol. The van der Waals surface area contributed by atoms with E-state index >= 15 is 0 Å². The number of nitrogens with one attached hydrogen (secondary N) is 2. The molecular weight excluding hydrogens is 378 g/mol. The van der Waals surface area contributed by atoms with Crippen molar-refractivity contribution in [2.24, 2.45) is 0 Å². The van der Waals surface area contributed by atoms with Gasteiger partial charge in [-0.1, -0.05) is 0 Å². The molecule has 4 rings (SSSR count). The van der Waals surface area contributed by atoms with Crippen molar-refractivity contribution in [3.8, 4) is 10.8 Å². The summed E-state index contributed by atoms with van der Waals surface area (Å²) in [6.45, 7) is 2.48. The van der Waals surface area contributed by atoms with Crippen molar-refractivity contribution < 1.29 is 18.7 Å². The third-order valence-electron chi connectivity index (χ3n) is 4.32. The lowest BCUT2D eigenvalue weighted by Crippen LogP contribution is -2.26. The monoisotopic (exact) mass is 397 g/mol. The van der Waals surface area contributed by atoms with Crippen molar-refractivity contribution in [2.45, 2.75) is 25.9 Å². The zero-order valence-electron chi connectivity index (χ0n) is 15.2. The fourth-order valence-electron chi connectivity index (χ4n) is 2.88. The van der Waals surface area contributed by atoms with Gasteiger partial charge in [-0.15, -0.1) is 11.3 Å². The van der Waals surface area contributed by atoms with Gasteiger partial charge in [-0.25, -0.2) is 4.98 Å². The van der Waals surface area contributed by atoms with Crippen molar-refractivity contribution in [2.75, 3.05) is 17.2 Å². The number of anilines is 2. The Morgan fingerprint density at radius 2 is 1.86 bits per heavy atom. The Bertz CT molecular complexity index is 987. The zero-order valence-corrected chi connectivity index (χ0v) is 16.0. The second kappa shape index (κ2) is 7.95. The smallest absolute Gasteiger partial charge is 0.275 e. The number of nitrogens with zero attached hydrogens (tertiary/aromatic N) is 1. The number of aromatic nitrogens is 1. The summed E-state index contributed by atoms with van der Waals surface area (Å²) in [6.07, 6.45) is 1.27. The molecule has 144 valence electrons. The standard InChI is InChI=1S/C20H19N3O4S/c1-12-4-9-17(27-12)20-23-15(11-28-20)18(24)21-13-5-7-14(8-6-13)22-19(25)16-3-2-10-26-16/h4-9,11,16H,2-3,10H2,1H3,(H,21,24)(H,22,25)/t16-/m1/s1. The van der Waals surface area contributed by atoms with Gasteiger partial charge in [-0.05, 0) is 56.2 Å². The molecule has 0 aliphatic carbocycles. The molecule has 1 aliphatic heterocycles. The van der Waals surface area contributed by atoms with Crippen LogP contribution >= 0.6 is 11.3 Å². The highest BCUT2D eigenvalue weighted by Crippen LogP contribution is 2.26. The fraction of sp³-hybridized carbons (Fsp3) is 0.250. The minimum absolute atomic E-state index is 0.141. The molecule has 1 aromatic carbocycles. The number of rotatable bonds is 5. The number of ether oxygens (including phenoxy) is 1. The van der Waals surface area contributed by atoms with Crippen LogP contribution in [0.25, 0.3) is 10.8 Å². The van der Waals surface area contributed by atoms with Crippen LogP contribution < -0.4 is 10.6 Å². The van der Waals surface area contributed by atoms with Gasteiger partial charge in [0, 0.05) is 23.4 Å². The van der Waals surface area contributed by atoms with Crippen LogP contribution in [0.5, 0.6) is 0 Å². The van der Waals surface area contributed by atoms with E-state index in [1.54, 1.807) is 29.6 Å². The van der Waals surface area contributed by atoms with Crippen molar-refractivity contribution in [3.63, 3.8) is 0 Å². The van der Waals surface area contributed by atoms with E-state index in [4.69, 9.17) is 9.15 Å². The fourth-order valence-corrected chi connectivity index (χ4v) is 3.64. The average molecular weight is 397 g/mol. The van der Waals surface area contributed by atoms with Gasteiger partial charge < -0.3 is 19.8 Å². The van der Waals surface area contributed by atoms with Gasteiger partial charge in [0.1, 0.15) is 17.6 Å². The highest BCUT2D eigenvalue weighted by molar-refractivity contribution is 7.13. The van der Waals surface area contributed by atoms with Crippen LogP contribution in [-0.4, -0.2) is 29.5 Å². The summed E-state index contributed by atoms with van der Waals surface area (Å²) in [5, 5.41) is 7.97. The molecule has 0 radical (unpaired) electrons. The minimum atomic E-state index is -0.379. The summed E-state index contributed by atoms with van der Waals surface area (Å²) in [5.74, 6) is 0.995. The molecule has 0 saturated carbocycles. The molecule has 0 spiro atoms. The van der Waals surface area contributed by atoms with E-state index in [-0.39, 0.29) is 17.9 Å². The Hall–Kier alpha value is -2.97. The molecule has 0 unspecified atom stereocenters. The van der Waals surface area contributed by atoms with Crippen LogP contribution in [0.3, 0.4) is 0 Å². The molecule has 1 aliphatic rings. The number of furan rings is 1. The predicted octanol–water partition coefficient (Wildman–Crippen LogP) is 4.08. The van der Waals surface area contributed by atoms with Gasteiger partial charge >= 0.3 is 0 Å². The van der Waals surface area contributed by atoms with Crippen molar-refractivity contribution in [3.05, 3.63) is 53.2 Å². The zero-order chi connectivity index (χ0) is 19.5. The number of carbonyl (C=O) groups is 2. The van der Waals surface area contributed by atoms with Gasteiger partial charge in [0.05, 0.1) is 0 Å². The Balaban J connectivity index is 1.37. The van der Waals surface area contributed by atoms with Gasteiger partial charge in [-0.2, -0.15) is 0 Å². The van der Waals surface area contributed by atoms with Crippen LogP contribution in [-0.2, 0) is 9.53 Å². The van der Waals surface area contributed by atoms with Gasteiger partial charge in [0.2, 0.25) is 0 Å². The Morgan fingerprint density at radius 1 is 1.11 bits per heavy atom. The Kier molecular flexibility index (Phi) is 5.23. The van der Waals surface area contributed by atoms with Crippen LogP contribution in [0.1, 0.15) is 29.1 Å². The molecule has 1 saturated heterocycles. The maximum absolute atomic E-state index is 12.4. The highest BCUT2D eigenvalue weighted by Gasteiger charge is 2.23. The quantitative estimate of drug-likeness (QED) is 0.677. The first-order chi connectivity index (χ1) is 13.6. The molecule has 3 heterocycles. The summed E-state index contributed by atoms with van der Waals surface area (Å²) in [4.78, 5) is 28.8. The second-order valence-corrected chi connectivity index (χ2v) is 7.33.